The third-order valence-electron chi connectivity index (χ3n) is 4.17. The molecule has 0 radical (unpaired) electrons. The van der Waals surface area contributed by atoms with Crippen LogP contribution in [0.5, 0.6) is 5.75 Å². The maximum atomic E-state index is 12.6. The molecule has 0 spiro atoms. The summed E-state index contributed by atoms with van der Waals surface area (Å²) in [4.78, 5) is 0.0870. The van der Waals surface area contributed by atoms with Crippen LogP contribution in [0.2, 0.25) is 5.02 Å². The second-order valence-electron chi connectivity index (χ2n) is 5.48. The molecule has 2 atom stereocenters. The molecule has 4 nitrogen and oxygen atoms in total. The highest BCUT2D eigenvalue weighted by Crippen LogP contribution is 2.30. The van der Waals surface area contributed by atoms with Crippen LogP contribution in [-0.4, -0.2) is 21.6 Å². The second kappa shape index (κ2) is 6.99. The average Bonchev–Trinajstić information content (AvgIpc) is 2.47. The number of sulfonamides is 1. The van der Waals surface area contributed by atoms with Crippen molar-refractivity contribution in [1.29, 1.82) is 0 Å². The molecule has 0 aliphatic heterocycles. The van der Waals surface area contributed by atoms with Crippen molar-refractivity contribution in [2.45, 2.75) is 50.0 Å². The van der Waals surface area contributed by atoms with E-state index in [0.29, 0.717) is 11.7 Å². The summed E-state index contributed by atoms with van der Waals surface area (Å²) in [7, 11) is -2.13. The summed E-state index contributed by atoms with van der Waals surface area (Å²) in [5.74, 6) is 0.883. The Labute approximate surface area is 131 Å². The number of methoxy groups -OCH3 is 1. The smallest absolute Gasteiger partial charge is 0.242 e. The first-order valence-electron chi connectivity index (χ1n) is 7.33. The van der Waals surface area contributed by atoms with E-state index in [1.54, 1.807) is 12.1 Å². The number of hydrogen-bond donors (Lipinski definition) is 1. The average molecular weight is 332 g/mol. The van der Waals surface area contributed by atoms with Gasteiger partial charge in [0.05, 0.1) is 12.1 Å². The Bertz CT molecular complexity index is 589. The molecule has 1 aromatic carbocycles. The first-order valence-corrected chi connectivity index (χ1v) is 9.20. The summed E-state index contributed by atoms with van der Waals surface area (Å²) in [6.07, 6.45) is 5.19. The minimum Gasteiger partial charge on any atom is -0.497 e. The minimum atomic E-state index is -3.63. The lowest BCUT2D eigenvalue weighted by Gasteiger charge is -2.31. The summed E-state index contributed by atoms with van der Waals surface area (Å²) in [6, 6.07) is 4.66. The van der Waals surface area contributed by atoms with Gasteiger partial charge >= 0.3 is 0 Å². The van der Waals surface area contributed by atoms with E-state index in [4.69, 9.17) is 16.3 Å². The summed E-state index contributed by atoms with van der Waals surface area (Å²) in [5.41, 5.74) is 0. The van der Waals surface area contributed by atoms with Gasteiger partial charge in [-0.25, -0.2) is 13.1 Å². The van der Waals surface area contributed by atoms with Crippen molar-refractivity contribution < 1.29 is 13.2 Å². The van der Waals surface area contributed by atoms with Gasteiger partial charge in [0.15, 0.2) is 0 Å². The maximum absolute atomic E-state index is 12.6. The molecule has 118 valence electrons. The van der Waals surface area contributed by atoms with E-state index in [0.717, 1.165) is 25.7 Å². The van der Waals surface area contributed by atoms with E-state index in [1.807, 2.05) is 0 Å². The molecule has 1 aliphatic rings. The summed E-state index contributed by atoms with van der Waals surface area (Å²) < 4.78 is 33.1. The van der Waals surface area contributed by atoms with Crippen LogP contribution in [-0.2, 0) is 10.0 Å². The van der Waals surface area contributed by atoms with Crippen LogP contribution in [0, 0.1) is 5.92 Å². The van der Waals surface area contributed by atoms with Gasteiger partial charge in [0, 0.05) is 12.1 Å². The predicted molar refractivity (Wildman–Crippen MR) is 84.4 cm³/mol. The Balaban J connectivity index is 2.25. The van der Waals surface area contributed by atoms with Crippen molar-refractivity contribution in [3.8, 4) is 5.75 Å². The lowest BCUT2D eigenvalue weighted by atomic mass is 9.83. The fraction of sp³-hybridized carbons (Fsp3) is 0.600. The van der Waals surface area contributed by atoms with Gasteiger partial charge in [-0.2, -0.15) is 0 Å². The molecule has 6 heteroatoms. The van der Waals surface area contributed by atoms with Crippen molar-refractivity contribution in [2.75, 3.05) is 7.11 Å². The van der Waals surface area contributed by atoms with Gasteiger partial charge in [-0.3, -0.25) is 0 Å². The normalized spacial score (nSPS) is 23.0. The lowest BCUT2D eigenvalue weighted by molar-refractivity contribution is 0.282. The zero-order valence-electron chi connectivity index (χ0n) is 12.4. The van der Waals surface area contributed by atoms with Crippen molar-refractivity contribution in [3.63, 3.8) is 0 Å². The third kappa shape index (κ3) is 3.90. The molecule has 2 rings (SSSR count). The summed E-state index contributed by atoms with van der Waals surface area (Å²) >= 11 is 6.05. The maximum Gasteiger partial charge on any atom is 0.242 e. The van der Waals surface area contributed by atoms with Crippen molar-refractivity contribution in [3.05, 3.63) is 23.2 Å². The monoisotopic (exact) mass is 331 g/mol. The zero-order valence-corrected chi connectivity index (χ0v) is 14.0. The first-order chi connectivity index (χ1) is 9.97. The summed E-state index contributed by atoms with van der Waals surface area (Å²) in [5, 5.41) is 0.215. The van der Waals surface area contributed by atoms with Crippen LogP contribution in [0.3, 0.4) is 0 Å². The number of halogens is 1. The Morgan fingerprint density at radius 2 is 2.05 bits per heavy atom. The zero-order chi connectivity index (χ0) is 15.5. The van der Waals surface area contributed by atoms with Crippen LogP contribution in [0.25, 0.3) is 0 Å². The molecule has 1 fully saturated rings. The molecule has 21 heavy (non-hydrogen) atoms. The molecule has 1 saturated carbocycles. The van der Waals surface area contributed by atoms with E-state index in [9.17, 15) is 8.42 Å². The first kappa shape index (κ1) is 16.6. The molecule has 1 aliphatic carbocycles. The third-order valence-corrected chi connectivity index (χ3v) is 6.14. The number of hydrogen-bond acceptors (Lipinski definition) is 3. The van der Waals surface area contributed by atoms with Gasteiger partial charge in [-0.1, -0.05) is 37.8 Å². The van der Waals surface area contributed by atoms with E-state index < -0.39 is 10.0 Å². The Morgan fingerprint density at radius 3 is 2.71 bits per heavy atom. The van der Waals surface area contributed by atoms with Gasteiger partial charge in [-0.05, 0) is 30.9 Å². The Kier molecular flexibility index (Phi) is 5.52. The topological polar surface area (TPSA) is 55.4 Å². The van der Waals surface area contributed by atoms with Crippen LogP contribution >= 0.6 is 11.6 Å². The molecule has 1 aromatic rings. The molecular weight excluding hydrogens is 310 g/mol. The number of rotatable bonds is 5. The van der Waals surface area contributed by atoms with Gasteiger partial charge in [0.1, 0.15) is 10.6 Å². The van der Waals surface area contributed by atoms with Gasteiger partial charge in [-0.15, -0.1) is 0 Å². The molecule has 0 aromatic heterocycles. The fourth-order valence-corrected chi connectivity index (χ4v) is 4.78. The van der Waals surface area contributed by atoms with E-state index in [1.165, 1.54) is 19.6 Å². The molecule has 0 bridgehead atoms. The fourth-order valence-electron chi connectivity index (χ4n) is 2.93. The van der Waals surface area contributed by atoms with E-state index in [2.05, 4.69) is 11.6 Å². The molecule has 0 heterocycles. The standard InChI is InChI=1S/C15H22ClNO3S/c1-3-11-6-4-5-7-14(11)17-21(18,19)15-10-12(20-2)8-9-13(15)16/h8-11,14,17H,3-7H2,1-2H3. The van der Waals surface area contributed by atoms with E-state index >= 15 is 0 Å². The van der Waals surface area contributed by atoms with Crippen LogP contribution < -0.4 is 9.46 Å². The van der Waals surface area contributed by atoms with E-state index in [-0.39, 0.29) is 16.0 Å². The second-order valence-corrected chi connectivity index (χ2v) is 7.57. The van der Waals surface area contributed by atoms with Gasteiger partial charge in [0.2, 0.25) is 10.0 Å². The number of benzene rings is 1. The molecule has 1 N–H and O–H groups in total. The predicted octanol–water partition coefficient (Wildman–Crippen LogP) is 3.60. The highest BCUT2D eigenvalue weighted by molar-refractivity contribution is 7.89. The summed E-state index contributed by atoms with van der Waals surface area (Å²) in [6.45, 7) is 2.11. The van der Waals surface area contributed by atoms with Crippen molar-refractivity contribution in [2.24, 2.45) is 5.92 Å². The molecule has 0 amide bonds. The Hall–Kier alpha value is -0.780. The highest BCUT2D eigenvalue weighted by Gasteiger charge is 2.29. The van der Waals surface area contributed by atoms with Crippen LogP contribution in [0.4, 0.5) is 0 Å². The Morgan fingerprint density at radius 1 is 1.33 bits per heavy atom. The van der Waals surface area contributed by atoms with Gasteiger partial charge in [0.25, 0.3) is 0 Å². The van der Waals surface area contributed by atoms with Gasteiger partial charge < -0.3 is 4.74 Å². The molecule has 0 saturated heterocycles. The van der Waals surface area contributed by atoms with Crippen LogP contribution in [0.15, 0.2) is 23.1 Å². The lowest BCUT2D eigenvalue weighted by Crippen LogP contribution is -2.41. The number of nitrogens with one attached hydrogen (secondary N) is 1. The quantitative estimate of drug-likeness (QED) is 0.897. The van der Waals surface area contributed by atoms with Crippen molar-refractivity contribution >= 4 is 21.6 Å². The SMILES string of the molecule is CCC1CCCCC1NS(=O)(=O)c1cc(OC)ccc1Cl. The van der Waals surface area contributed by atoms with Crippen LogP contribution in [0.1, 0.15) is 39.0 Å². The highest BCUT2D eigenvalue weighted by atomic mass is 35.5. The number of ether oxygens (including phenoxy) is 1. The van der Waals surface area contributed by atoms with Crippen molar-refractivity contribution in [1.82, 2.24) is 4.72 Å². The molecule has 2 unspecified atom stereocenters. The minimum absolute atomic E-state index is 0.00369. The molecular formula is C15H22ClNO3S. The largest absolute Gasteiger partial charge is 0.497 e.